The number of aliphatic carboxylic acids is 1. The number of likely N-dealkylation sites (tertiary alicyclic amines) is 1. The Labute approximate surface area is 219 Å². The molecule has 0 aliphatic carbocycles. The van der Waals surface area contributed by atoms with Crippen molar-refractivity contribution in [2.45, 2.75) is 89.9 Å². The lowest BCUT2D eigenvalue weighted by molar-refractivity contribution is -0.151. The highest BCUT2D eigenvalue weighted by atomic mass is 31.2. The van der Waals surface area contributed by atoms with Crippen LogP contribution in [0.1, 0.15) is 76.7 Å². The normalized spacial score (nSPS) is 17.7. The lowest BCUT2D eigenvalue weighted by Gasteiger charge is -2.28. The van der Waals surface area contributed by atoms with E-state index in [1.807, 2.05) is 30.3 Å². The Morgan fingerprint density at radius 1 is 1.11 bits per heavy atom. The second-order valence-corrected chi connectivity index (χ2v) is 11.3. The van der Waals surface area contributed by atoms with Gasteiger partial charge in [-0.15, -0.1) is 0 Å². The smallest absolute Gasteiger partial charge is 0.407 e. The van der Waals surface area contributed by atoms with E-state index in [0.29, 0.717) is 38.6 Å². The van der Waals surface area contributed by atoms with Gasteiger partial charge in [0.25, 0.3) is 5.91 Å². The summed E-state index contributed by atoms with van der Waals surface area (Å²) in [6.07, 6.45) is 4.55. The third kappa shape index (κ3) is 11.7. The molecule has 3 atom stereocenters. The number of ether oxygens (including phenoxy) is 1. The van der Waals surface area contributed by atoms with Gasteiger partial charge in [-0.25, -0.2) is 9.59 Å². The Balaban J connectivity index is 1.85. The van der Waals surface area contributed by atoms with Crippen LogP contribution in [-0.2, 0) is 30.0 Å². The number of amides is 2. The number of carbonyl (C=O) groups excluding carboxylic acids is 2. The summed E-state index contributed by atoms with van der Waals surface area (Å²) in [6.45, 7) is 2.81. The van der Waals surface area contributed by atoms with Crippen LogP contribution in [-0.4, -0.2) is 64.3 Å². The summed E-state index contributed by atoms with van der Waals surface area (Å²) in [5.74, 6) is -1.66. The number of hydrogen-bond acceptors (Lipinski definition) is 6. The number of nitrogens with zero attached hydrogens (tertiary/aromatic N) is 1. The average Bonchev–Trinajstić information content (AvgIpc) is 3.37. The standard InChI is InChI=1S/C26H41N2O8P/c1-2-3-4-5-11-19-37(33,34)36-23(24(29)28-18-12-15-22(28)25(30)31)16-9-10-17-27-26(32)35-20-21-13-7-6-8-14-21/h6-8,13-14,22-23H,2-5,9-12,15-20H2,1H3,(H,27,32)(H,30,31)(H,33,34)/t22-,23-/m0/s1. The van der Waals surface area contributed by atoms with Gasteiger partial charge in [0.05, 0.1) is 6.16 Å². The molecule has 1 aliphatic heterocycles. The van der Waals surface area contributed by atoms with Crippen LogP contribution in [0.2, 0.25) is 0 Å². The van der Waals surface area contributed by atoms with Crippen LogP contribution >= 0.6 is 7.60 Å². The molecular formula is C26H41N2O8P. The molecule has 1 aromatic carbocycles. The minimum absolute atomic E-state index is 0.0440. The second kappa shape index (κ2) is 16.4. The lowest BCUT2D eigenvalue weighted by atomic mass is 10.1. The van der Waals surface area contributed by atoms with Crippen LogP contribution in [0.3, 0.4) is 0 Å². The van der Waals surface area contributed by atoms with Crippen molar-refractivity contribution in [1.29, 1.82) is 0 Å². The zero-order valence-corrected chi connectivity index (χ0v) is 22.6. The molecule has 1 fully saturated rings. The first-order chi connectivity index (χ1) is 17.7. The van der Waals surface area contributed by atoms with Gasteiger partial charge in [-0.05, 0) is 44.1 Å². The van der Waals surface area contributed by atoms with Crippen molar-refractivity contribution in [2.24, 2.45) is 0 Å². The summed E-state index contributed by atoms with van der Waals surface area (Å²) in [4.78, 5) is 48.3. The monoisotopic (exact) mass is 540 g/mol. The molecule has 10 nitrogen and oxygen atoms in total. The molecule has 1 aliphatic rings. The first-order valence-corrected chi connectivity index (χ1v) is 15.0. The number of alkyl carbamates (subject to hydrolysis) is 1. The van der Waals surface area contributed by atoms with Crippen molar-refractivity contribution >= 4 is 25.6 Å². The second-order valence-electron chi connectivity index (χ2n) is 9.38. The molecule has 3 N–H and O–H groups in total. The third-order valence-electron chi connectivity index (χ3n) is 6.31. The van der Waals surface area contributed by atoms with Gasteiger partial charge in [0, 0.05) is 13.1 Å². The van der Waals surface area contributed by atoms with E-state index in [1.165, 1.54) is 4.90 Å². The van der Waals surface area contributed by atoms with E-state index in [0.717, 1.165) is 31.2 Å². The molecule has 0 saturated carbocycles. The summed E-state index contributed by atoms with van der Waals surface area (Å²) in [5.41, 5.74) is 0.872. The zero-order valence-electron chi connectivity index (χ0n) is 21.7. The maximum Gasteiger partial charge on any atom is 0.407 e. The van der Waals surface area contributed by atoms with E-state index in [4.69, 9.17) is 9.26 Å². The molecule has 0 bridgehead atoms. The number of carboxylic acids is 1. The van der Waals surface area contributed by atoms with Gasteiger partial charge >= 0.3 is 19.7 Å². The predicted molar refractivity (Wildman–Crippen MR) is 139 cm³/mol. The summed E-state index contributed by atoms with van der Waals surface area (Å²) < 4.78 is 23.4. The Morgan fingerprint density at radius 3 is 2.54 bits per heavy atom. The molecule has 1 unspecified atom stereocenters. The third-order valence-corrected chi connectivity index (χ3v) is 7.77. The molecule has 1 aromatic rings. The van der Waals surface area contributed by atoms with Gasteiger partial charge in [0.1, 0.15) is 18.8 Å². The minimum atomic E-state index is -4.03. The van der Waals surface area contributed by atoms with Crippen LogP contribution in [0.4, 0.5) is 4.79 Å². The van der Waals surface area contributed by atoms with Gasteiger partial charge in [-0.1, -0.05) is 62.9 Å². The molecule has 0 radical (unpaired) electrons. The molecule has 11 heteroatoms. The average molecular weight is 541 g/mol. The van der Waals surface area contributed by atoms with Gasteiger partial charge in [-0.2, -0.15) is 0 Å². The fraction of sp³-hybridized carbons (Fsp3) is 0.654. The highest BCUT2D eigenvalue weighted by Gasteiger charge is 2.39. The summed E-state index contributed by atoms with van der Waals surface area (Å²) in [7, 11) is -4.03. The van der Waals surface area contributed by atoms with Crippen molar-refractivity contribution in [3.63, 3.8) is 0 Å². The first-order valence-electron chi connectivity index (χ1n) is 13.2. The van der Waals surface area contributed by atoms with Gasteiger partial charge < -0.3 is 25.0 Å². The van der Waals surface area contributed by atoms with E-state index in [2.05, 4.69) is 12.2 Å². The molecule has 208 valence electrons. The number of rotatable bonds is 17. The van der Waals surface area contributed by atoms with Crippen molar-refractivity contribution < 1.29 is 38.2 Å². The molecule has 0 spiro atoms. The van der Waals surface area contributed by atoms with Crippen LogP contribution in [0.5, 0.6) is 0 Å². The molecular weight excluding hydrogens is 499 g/mol. The highest BCUT2D eigenvalue weighted by molar-refractivity contribution is 7.52. The Morgan fingerprint density at radius 2 is 1.84 bits per heavy atom. The summed E-state index contributed by atoms with van der Waals surface area (Å²) in [5, 5.41) is 12.1. The Hall–Kier alpha value is -2.42. The number of hydrogen-bond donors (Lipinski definition) is 3. The van der Waals surface area contributed by atoms with Gasteiger partial charge in [0.2, 0.25) is 0 Å². The molecule has 2 rings (SSSR count). The number of benzene rings is 1. The summed E-state index contributed by atoms with van der Waals surface area (Å²) >= 11 is 0. The fourth-order valence-electron chi connectivity index (χ4n) is 4.28. The van der Waals surface area contributed by atoms with E-state index in [9.17, 15) is 28.9 Å². The van der Waals surface area contributed by atoms with Crippen molar-refractivity contribution in [3.05, 3.63) is 35.9 Å². The van der Waals surface area contributed by atoms with Crippen LogP contribution in [0.15, 0.2) is 30.3 Å². The number of carboxylic acid groups (broad SMARTS) is 1. The largest absolute Gasteiger partial charge is 0.480 e. The Kier molecular flexibility index (Phi) is 13.7. The molecule has 1 heterocycles. The van der Waals surface area contributed by atoms with Crippen LogP contribution in [0, 0.1) is 0 Å². The maximum absolute atomic E-state index is 13.2. The van der Waals surface area contributed by atoms with E-state index >= 15 is 0 Å². The zero-order chi connectivity index (χ0) is 27.1. The minimum Gasteiger partial charge on any atom is -0.480 e. The van der Waals surface area contributed by atoms with Crippen molar-refractivity contribution in [3.8, 4) is 0 Å². The first kappa shape index (κ1) is 30.8. The number of carbonyl (C=O) groups is 3. The van der Waals surface area contributed by atoms with E-state index < -0.39 is 37.7 Å². The van der Waals surface area contributed by atoms with E-state index in [-0.39, 0.29) is 25.7 Å². The highest BCUT2D eigenvalue weighted by Crippen LogP contribution is 2.45. The summed E-state index contributed by atoms with van der Waals surface area (Å²) in [6, 6.07) is 8.34. The quantitative estimate of drug-likeness (QED) is 0.191. The number of nitrogens with one attached hydrogen (secondary N) is 1. The lowest BCUT2D eigenvalue weighted by Crippen LogP contribution is -2.46. The van der Waals surface area contributed by atoms with E-state index in [1.54, 1.807) is 0 Å². The van der Waals surface area contributed by atoms with Crippen molar-refractivity contribution in [1.82, 2.24) is 10.2 Å². The molecule has 37 heavy (non-hydrogen) atoms. The molecule has 0 aromatic heterocycles. The predicted octanol–water partition coefficient (Wildman–Crippen LogP) is 4.70. The molecule has 1 saturated heterocycles. The van der Waals surface area contributed by atoms with Crippen molar-refractivity contribution in [2.75, 3.05) is 19.3 Å². The van der Waals surface area contributed by atoms with Gasteiger partial charge in [-0.3, -0.25) is 13.9 Å². The van der Waals surface area contributed by atoms with Gasteiger partial charge in [0.15, 0.2) is 0 Å². The SMILES string of the molecule is CCCCCCCP(=O)(O)O[C@@H](CCCCNC(=O)OCc1ccccc1)C(=O)N1CCC[C@H]1C(=O)O. The maximum atomic E-state index is 13.2. The van der Waals surface area contributed by atoms with Crippen LogP contribution in [0.25, 0.3) is 0 Å². The van der Waals surface area contributed by atoms with Crippen LogP contribution < -0.4 is 5.32 Å². The topological polar surface area (TPSA) is 142 Å². The fourth-order valence-corrected chi connectivity index (χ4v) is 5.60. The Bertz CT molecular complexity index is 898. The molecule has 2 amide bonds. The number of unbranched alkanes of at least 4 members (excludes halogenated alkanes) is 5.